The number of benzene rings is 4. The summed E-state index contributed by atoms with van der Waals surface area (Å²) in [5, 5.41) is 2.81. The number of fused-ring (bicyclic) bond motifs is 3. The van der Waals surface area contributed by atoms with Gasteiger partial charge < -0.3 is 0 Å². The monoisotopic (exact) mass is 451 g/mol. The van der Waals surface area contributed by atoms with Crippen LogP contribution in [0.4, 0.5) is 0 Å². The van der Waals surface area contributed by atoms with Crippen LogP contribution in [-0.4, -0.2) is 0 Å². The van der Waals surface area contributed by atoms with Crippen LogP contribution in [0, 0.1) is 0 Å². The zero-order chi connectivity index (χ0) is 22.5. The first kappa shape index (κ1) is 21.6. The lowest BCUT2D eigenvalue weighted by atomic mass is 9.81. The second kappa shape index (κ2) is 10.1. The van der Waals surface area contributed by atoms with Crippen molar-refractivity contribution >= 4 is 29.1 Å². The van der Waals surface area contributed by atoms with Gasteiger partial charge in [0.2, 0.25) is 5.12 Å². The van der Waals surface area contributed by atoms with Crippen molar-refractivity contribution in [3.8, 4) is 11.1 Å². The van der Waals surface area contributed by atoms with E-state index in [4.69, 9.17) is 4.20 Å². The summed E-state index contributed by atoms with van der Waals surface area (Å²) in [4.78, 5) is 0. The third-order valence-electron chi connectivity index (χ3n) is 6.55. The van der Waals surface area contributed by atoms with Crippen LogP contribution in [0.2, 0.25) is 0 Å². The molecule has 0 bridgehead atoms. The Balaban J connectivity index is 0.000000140. The summed E-state index contributed by atoms with van der Waals surface area (Å²) in [6.07, 6.45) is 6.94. The topological polar surface area (TPSA) is 30.2 Å². The Labute approximate surface area is 195 Å². The van der Waals surface area contributed by atoms with E-state index in [9.17, 15) is 4.57 Å². The van der Waals surface area contributed by atoms with Crippen LogP contribution in [0.5, 0.6) is 0 Å². The summed E-state index contributed by atoms with van der Waals surface area (Å²) in [6, 6.07) is 35.1. The largest absolute Gasteiger partial charge is 0.597 e. The molecule has 164 valence electrons. The predicted molar refractivity (Wildman–Crippen MR) is 139 cm³/mol. The highest BCUT2D eigenvalue weighted by Gasteiger charge is 2.18. The molecule has 1 fully saturated rings. The van der Waals surface area contributed by atoms with E-state index in [0.29, 0.717) is 5.58 Å². The molecule has 5 aromatic rings. The third-order valence-corrected chi connectivity index (χ3v) is 7.70. The van der Waals surface area contributed by atoms with Gasteiger partial charge in [0.15, 0.2) is 5.58 Å². The van der Waals surface area contributed by atoms with Crippen molar-refractivity contribution in [2.45, 2.75) is 38.0 Å². The van der Waals surface area contributed by atoms with Crippen molar-refractivity contribution in [2.24, 2.45) is 0 Å². The van der Waals surface area contributed by atoms with Crippen LogP contribution < -0.4 is 0 Å². The number of hydrogen-bond acceptors (Lipinski definition) is 2. The molecule has 0 spiro atoms. The van der Waals surface area contributed by atoms with Crippen molar-refractivity contribution in [3.63, 3.8) is 0 Å². The van der Waals surface area contributed by atoms with E-state index >= 15 is 0 Å². The van der Waals surface area contributed by atoms with Crippen LogP contribution in [0.1, 0.15) is 43.6 Å². The van der Waals surface area contributed by atoms with Gasteiger partial charge in [-0.3, -0.25) is 0 Å². The first-order valence-corrected chi connectivity index (χ1v) is 13.0. The highest BCUT2D eigenvalue weighted by molar-refractivity contribution is 7.37. The van der Waals surface area contributed by atoms with Gasteiger partial charge in [-0.1, -0.05) is 104 Å². The Morgan fingerprint density at radius 1 is 0.636 bits per heavy atom. The first-order valence-electron chi connectivity index (χ1n) is 11.8. The van der Waals surface area contributed by atoms with Gasteiger partial charge in [-0.2, -0.15) is 0 Å². The smallest absolute Gasteiger partial charge is 0.250 e. The molecule has 0 amide bonds. The average Bonchev–Trinajstić information content (AvgIpc) is 2.90. The Kier molecular flexibility index (Phi) is 6.65. The molecule has 1 aromatic heterocycles. The summed E-state index contributed by atoms with van der Waals surface area (Å²) in [6.45, 7) is 0. The maximum atomic E-state index is 11.8. The molecule has 4 aromatic carbocycles. The van der Waals surface area contributed by atoms with Crippen molar-refractivity contribution in [2.75, 3.05) is 0 Å². The van der Waals surface area contributed by atoms with Crippen LogP contribution in [-0.2, 0) is 4.57 Å². The van der Waals surface area contributed by atoms with Crippen LogP contribution >= 0.6 is 7.65 Å². The summed E-state index contributed by atoms with van der Waals surface area (Å²) < 4.78 is 17.1. The second-order valence-electron chi connectivity index (χ2n) is 8.65. The van der Waals surface area contributed by atoms with Gasteiger partial charge in [-0.15, -0.1) is 0 Å². The van der Waals surface area contributed by atoms with Crippen molar-refractivity contribution in [1.82, 2.24) is 0 Å². The molecule has 1 heterocycles. The number of para-hydroxylation sites is 1. The molecule has 3 heteroatoms. The zero-order valence-electron chi connectivity index (χ0n) is 18.7. The first-order chi connectivity index (χ1) is 16.3. The Morgan fingerprint density at radius 2 is 1.27 bits per heavy atom. The van der Waals surface area contributed by atoms with Gasteiger partial charge in [-0.05, 0) is 58.2 Å². The van der Waals surface area contributed by atoms with Crippen molar-refractivity contribution < 1.29 is 8.76 Å². The normalized spacial score (nSPS) is 14.6. The number of rotatable bonds is 2. The van der Waals surface area contributed by atoms with Crippen molar-refractivity contribution in [1.29, 1.82) is 0 Å². The highest BCUT2D eigenvalue weighted by Crippen LogP contribution is 2.38. The summed E-state index contributed by atoms with van der Waals surface area (Å²) >= 11 is 0. The average molecular weight is 452 g/mol. The zero-order valence-corrected chi connectivity index (χ0v) is 19.6. The fourth-order valence-electron chi connectivity index (χ4n) is 4.92. The van der Waals surface area contributed by atoms with Gasteiger partial charge in [0, 0.05) is 10.8 Å². The molecule has 0 saturated heterocycles. The molecule has 1 atom stereocenters. The highest BCUT2D eigenvalue weighted by atomic mass is 31.1. The minimum Gasteiger partial charge on any atom is -0.250 e. The van der Waals surface area contributed by atoms with Gasteiger partial charge >= 0.3 is 7.65 Å². The molecule has 1 aliphatic rings. The molecule has 2 nitrogen and oxygen atoms in total. The lowest BCUT2D eigenvalue weighted by Crippen LogP contribution is -2.05. The minimum absolute atomic E-state index is 0.706. The molecule has 1 unspecified atom stereocenters. The van der Waals surface area contributed by atoms with E-state index in [1.54, 1.807) is 5.56 Å². The molecular formula is C30H28O2P+. The summed E-state index contributed by atoms with van der Waals surface area (Å²) in [7, 11) is -1.74. The van der Waals surface area contributed by atoms with E-state index in [-0.39, 0.29) is 0 Å². The third kappa shape index (κ3) is 4.77. The van der Waals surface area contributed by atoms with E-state index in [0.717, 1.165) is 21.8 Å². The summed E-state index contributed by atoms with van der Waals surface area (Å²) in [5.74, 6) is 0.773. The molecule has 33 heavy (non-hydrogen) atoms. The SMILES string of the molecule is O=[p+]1oc2ccccc2c2ccccc21.c1ccc(-c2ccccc2C2CCCCC2)cc1. The minimum atomic E-state index is -1.74. The van der Waals surface area contributed by atoms with Gasteiger partial charge in [0.25, 0.3) is 0 Å². The maximum Gasteiger partial charge on any atom is 0.597 e. The van der Waals surface area contributed by atoms with Gasteiger partial charge in [0.1, 0.15) is 0 Å². The molecule has 0 radical (unpaired) electrons. The molecular weight excluding hydrogens is 423 g/mol. The molecule has 1 aliphatic carbocycles. The second-order valence-corrected chi connectivity index (χ2v) is 9.83. The van der Waals surface area contributed by atoms with E-state index in [2.05, 4.69) is 54.6 Å². The van der Waals surface area contributed by atoms with E-state index in [1.165, 1.54) is 43.2 Å². The fraction of sp³-hybridized carbons (Fsp3) is 0.200. The Hall–Kier alpha value is -3.22. The quantitative estimate of drug-likeness (QED) is 0.250. The van der Waals surface area contributed by atoms with E-state index < -0.39 is 7.65 Å². The van der Waals surface area contributed by atoms with Crippen LogP contribution in [0.3, 0.4) is 0 Å². The van der Waals surface area contributed by atoms with E-state index in [1.807, 2.05) is 48.5 Å². The molecule has 0 N–H and O–H groups in total. The molecule has 6 rings (SSSR count). The predicted octanol–water partition coefficient (Wildman–Crippen LogP) is 9.73. The molecule has 0 aliphatic heterocycles. The Morgan fingerprint density at radius 3 is 2.09 bits per heavy atom. The van der Waals surface area contributed by atoms with Crippen LogP contribution in [0.15, 0.2) is 107 Å². The van der Waals surface area contributed by atoms with Crippen LogP contribution in [0.25, 0.3) is 32.6 Å². The molecule has 1 saturated carbocycles. The number of hydrogen-bond donors (Lipinski definition) is 0. The lowest BCUT2D eigenvalue weighted by Gasteiger charge is -2.24. The fourth-order valence-corrected chi connectivity index (χ4v) is 5.95. The summed E-state index contributed by atoms with van der Waals surface area (Å²) in [5.41, 5.74) is 5.06. The maximum absolute atomic E-state index is 11.8. The standard InChI is InChI=1S/C18H20.C12H8O2P/c1-3-9-15(10-4-1)17-13-7-8-14-18(17)16-11-5-2-6-12-16;13-15-12-8-4-2-6-10(12)9-5-1-3-7-11(9)14-15/h1,3-4,7-10,13-14,16H,2,5-6,11-12H2;1-8H/q;+1. The van der Waals surface area contributed by atoms with Gasteiger partial charge in [0.05, 0.1) is 0 Å². The van der Waals surface area contributed by atoms with Crippen molar-refractivity contribution in [3.05, 3.63) is 109 Å². The Bertz CT molecular complexity index is 1420. The lowest BCUT2D eigenvalue weighted by molar-refractivity contribution is 0.444. The van der Waals surface area contributed by atoms with Gasteiger partial charge in [-0.25, -0.2) is 4.20 Å².